The minimum Gasteiger partial charge on any atom is -0.380 e. The van der Waals surface area contributed by atoms with E-state index in [-0.39, 0.29) is 5.41 Å². The number of nitriles is 1. The maximum atomic E-state index is 13.2. The van der Waals surface area contributed by atoms with Crippen LogP contribution < -0.4 is 0 Å². The lowest BCUT2D eigenvalue weighted by Gasteiger charge is -2.56. The van der Waals surface area contributed by atoms with E-state index < -0.39 is 0 Å². The van der Waals surface area contributed by atoms with Crippen molar-refractivity contribution < 1.29 is 9.53 Å². The van der Waals surface area contributed by atoms with Crippen molar-refractivity contribution >= 4 is 17.5 Å². The summed E-state index contributed by atoms with van der Waals surface area (Å²) in [6.45, 7) is 2.31. The SMILES string of the molecule is COCc1cc(C)nc(SCC(=O)C23CC4CC(CC(C4)C2)C3)c1C#N. The van der Waals surface area contributed by atoms with Crippen LogP contribution in [0.25, 0.3) is 0 Å². The van der Waals surface area contributed by atoms with Crippen LogP contribution in [0.15, 0.2) is 11.1 Å². The zero-order chi connectivity index (χ0) is 18.3. The minimum atomic E-state index is -0.0757. The van der Waals surface area contributed by atoms with Gasteiger partial charge in [-0.15, -0.1) is 0 Å². The van der Waals surface area contributed by atoms with E-state index in [4.69, 9.17) is 4.74 Å². The van der Waals surface area contributed by atoms with Crippen molar-refractivity contribution in [1.82, 2.24) is 4.98 Å². The van der Waals surface area contributed by atoms with Crippen molar-refractivity contribution in [2.75, 3.05) is 12.9 Å². The molecule has 4 aliphatic carbocycles. The van der Waals surface area contributed by atoms with Crippen LogP contribution in [0.1, 0.15) is 55.3 Å². The highest BCUT2D eigenvalue weighted by Crippen LogP contribution is 2.60. The molecule has 4 saturated carbocycles. The van der Waals surface area contributed by atoms with Gasteiger partial charge >= 0.3 is 0 Å². The van der Waals surface area contributed by atoms with Gasteiger partial charge in [-0.3, -0.25) is 4.79 Å². The molecule has 0 aliphatic heterocycles. The Bertz CT molecular complexity index is 733. The Morgan fingerprint density at radius 1 is 1.31 bits per heavy atom. The van der Waals surface area contributed by atoms with Crippen LogP contribution in [0.5, 0.6) is 0 Å². The Labute approximate surface area is 159 Å². The first-order valence-corrected chi connectivity index (χ1v) is 10.6. The number of methoxy groups -OCH3 is 1. The lowest BCUT2D eigenvalue weighted by atomic mass is 9.48. The van der Waals surface area contributed by atoms with Crippen LogP contribution in [-0.2, 0) is 16.1 Å². The van der Waals surface area contributed by atoms with Gasteiger partial charge in [0.2, 0.25) is 0 Å². The number of rotatable bonds is 6. The van der Waals surface area contributed by atoms with Gasteiger partial charge in [-0.1, -0.05) is 11.8 Å². The molecule has 0 saturated heterocycles. The monoisotopic (exact) mass is 370 g/mol. The van der Waals surface area contributed by atoms with Gasteiger partial charge in [0.1, 0.15) is 16.9 Å². The first kappa shape index (κ1) is 18.0. The largest absolute Gasteiger partial charge is 0.380 e. The van der Waals surface area contributed by atoms with Gasteiger partial charge in [-0.05, 0) is 74.8 Å². The maximum absolute atomic E-state index is 13.2. The lowest BCUT2D eigenvalue weighted by molar-refractivity contribution is -0.141. The predicted octanol–water partition coefficient (Wildman–Crippen LogP) is 4.29. The molecule has 0 unspecified atom stereocenters. The van der Waals surface area contributed by atoms with E-state index in [2.05, 4.69) is 11.1 Å². The molecule has 4 nitrogen and oxygen atoms in total. The molecule has 0 spiro atoms. The van der Waals surface area contributed by atoms with Crippen molar-refractivity contribution in [2.24, 2.45) is 23.2 Å². The number of hydrogen-bond donors (Lipinski definition) is 0. The molecule has 1 heterocycles. The molecule has 0 atom stereocenters. The van der Waals surface area contributed by atoms with Gasteiger partial charge in [0.25, 0.3) is 0 Å². The first-order chi connectivity index (χ1) is 12.5. The number of nitrogens with zero attached hydrogens (tertiary/aromatic N) is 2. The summed E-state index contributed by atoms with van der Waals surface area (Å²) in [5, 5.41) is 10.2. The molecule has 4 fully saturated rings. The second kappa shape index (κ2) is 6.98. The highest BCUT2D eigenvalue weighted by molar-refractivity contribution is 8.00. The topological polar surface area (TPSA) is 63.0 Å². The zero-order valence-corrected chi connectivity index (χ0v) is 16.4. The fourth-order valence-corrected chi connectivity index (χ4v) is 7.05. The Balaban J connectivity index is 1.51. The minimum absolute atomic E-state index is 0.0757. The quantitative estimate of drug-likeness (QED) is 0.699. The molecular formula is C21H26N2O2S. The Kier molecular flexibility index (Phi) is 4.83. The third-order valence-electron chi connectivity index (χ3n) is 6.58. The summed E-state index contributed by atoms with van der Waals surface area (Å²) < 4.78 is 5.22. The molecule has 4 bridgehead atoms. The number of aryl methyl sites for hydroxylation is 1. The third kappa shape index (κ3) is 3.18. The number of Topliss-reactive ketones (excluding diaryl/α,β-unsaturated/α-hetero) is 1. The van der Waals surface area contributed by atoms with Crippen molar-refractivity contribution in [1.29, 1.82) is 5.26 Å². The average Bonchev–Trinajstić information content (AvgIpc) is 2.58. The van der Waals surface area contributed by atoms with Crippen LogP contribution in [0.3, 0.4) is 0 Å². The second-order valence-electron chi connectivity index (χ2n) is 8.56. The Morgan fingerprint density at radius 2 is 1.92 bits per heavy atom. The van der Waals surface area contributed by atoms with Gasteiger partial charge in [-0.2, -0.15) is 5.26 Å². The summed E-state index contributed by atoms with van der Waals surface area (Å²) in [5.74, 6) is 3.15. The highest BCUT2D eigenvalue weighted by Gasteiger charge is 2.54. The number of aromatic nitrogens is 1. The van der Waals surface area contributed by atoms with E-state index in [0.29, 0.717) is 28.7 Å². The summed E-state index contributed by atoms with van der Waals surface area (Å²) >= 11 is 1.44. The van der Waals surface area contributed by atoms with Gasteiger partial charge in [0.15, 0.2) is 0 Å². The average molecular weight is 371 g/mol. The van der Waals surface area contributed by atoms with Gasteiger partial charge in [-0.25, -0.2) is 4.98 Å². The van der Waals surface area contributed by atoms with Crippen LogP contribution in [0.2, 0.25) is 0 Å². The third-order valence-corrected chi connectivity index (χ3v) is 7.55. The van der Waals surface area contributed by atoms with Gasteiger partial charge < -0.3 is 4.74 Å². The Hall–Kier alpha value is -1.38. The molecule has 5 heteroatoms. The molecule has 0 radical (unpaired) electrons. The summed E-state index contributed by atoms with van der Waals surface area (Å²) in [5.41, 5.74) is 2.20. The molecule has 1 aromatic rings. The maximum Gasteiger partial charge on any atom is 0.149 e. The van der Waals surface area contributed by atoms with E-state index in [1.807, 2.05) is 13.0 Å². The number of pyridine rings is 1. The molecule has 1 aromatic heterocycles. The normalized spacial score (nSPS) is 31.8. The lowest BCUT2D eigenvalue weighted by Crippen LogP contribution is -2.50. The number of carbonyl (C=O) groups is 1. The summed E-state index contributed by atoms with van der Waals surface area (Å²) in [7, 11) is 1.63. The number of ketones is 1. The van der Waals surface area contributed by atoms with E-state index >= 15 is 0 Å². The molecule has 4 aliphatic rings. The fraction of sp³-hybridized carbons (Fsp3) is 0.667. The van der Waals surface area contributed by atoms with Crippen LogP contribution in [-0.4, -0.2) is 23.6 Å². The van der Waals surface area contributed by atoms with E-state index in [1.54, 1.807) is 7.11 Å². The summed E-state index contributed by atoms with van der Waals surface area (Å²) in [4.78, 5) is 17.7. The van der Waals surface area contributed by atoms with Crippen molar-refractivity contribution in [2.45, 2.75) is 57.1 Å². The summed E-state index contributed by atoms with van der Waals surface area (Å²) in [6.07, 6.45) is 7.33. The predicted molar refractivity (Wildman–Crippen MR) is 101 cm³/mol. The Morgan fingerprint density at radius 3 is 2.46 bits per heavy atom. The molecular weight excluding hydrogens is 344 g/mol. The molecule has 5 rings (SSSR count). The van der Waals surface area contributed by atoms with E-state index in [1.165, 1.54) is 31.0 Å². The molecule has 0 amide bonds. The first-order valence-electron chi connectivity index (χ1n) is 9.58. The molecule has 138 valence electrons. The van der Waals surface area contributed by atoms with E-state index in [0.717, 1.165) is 48.3 Å². The van der Waals surface area contributed by atoms with Crippen LogP contribution >= 0.6 is 11.8 Å². The fourth-order valence-electron chi connectivity index (χ4n) is 5.94. The second-order valence-corrected chi connectivity index (χ2v) is 9.52. The number of ether oxygens (including phenoxy) is 1. The molecule has 0 N–H and O–H groups in total. The van der Waals surface area contributed by atoms with Crippen LogP contribution in [0, 0.1) is 41.4 Å². The van der Waals surface area contributed by atoms with Crippen molar-refractivity contribution in [3.8, 4) is 6.07 Å². The highest BCUT2D eigenvalue weighted by atomic mass is 32.2. The number of hydrogen-bond acceptors (Lipinski definition) is 5. The summed E-state index contributed by atoms with van der Waals surface area (Å²) in [6, 6.07) is 4.16. The van der Waals surface area contributed by atoms with Crippen molar-refractivity contribution in [3.05, 3.63) is 22.9 Å². The molecule has 26 heavy (non-hydrogen) atoms. The smallest absolute Gasteiger partial charge is 0.149 e. The standard InChI is InChI=1S/C21H26N2O2S/c1-13-3-17(11-25-2)18(10-22)20(23-13)26-12-19(24)21-7-14-4-15(8-21)6-16(5-14)9-21/h3,14-16H,4-9,11-12H2,1-2H3. The number of carbonyl (C=O) groups excluding carboxylic acids is 1. The number of thioether (sulfide) groups is 1. The van der Waals surface area contributed by atoms with Crippen LogP contribution in [0.4, 0.5) is 0 Å². The zero-order valence-electron chi connectivity index (χ0n) is 15.6. The van der Waals surface area contributed by atoms with Crippen molar-refractivity contribution in [3.63, 3.8) is 0 Å². The van der Waals surface area contributed by atoms with Gasteiger partial charge in [0.05, 0.1) is 17.9 Å². The molecule has 0 aromatic carbocycles. The van der Waals surface area contributed by atoms with Gasteiger partial charge in [0, 0.05) is 18.2 Å². The van der Waals surface area contributed by atoms with E-state index in [9.17, 15) is 10.1 Å².